The van der Waals surface area contributed by atoms with Crippen molar-refractivity contribution < 1.29 is 14.3 Å². The normalized spacial score (nSPS) is 10.9. The molecular formula is C22H28BrNO3S. The largest absolute Gasteiger partial charge is 0.379 e. The monoisotopic (exact) mass is 465 g/mol. The van der Waals surface area contributed by atoms with E-state index in [2.05, 4.69) is 53.3 Å². The van der Waals surface area contributed by atoms with Gasteiger partial charge in [-0.05, 0) is 55.2 Å². The van der Waals surface area contributed by atoms with Crippen molar-refractivity contribution in [2.45, 2.75) is 38.8 Å². The molecule has 1 amide bonds. The molecule has 0 aliphatic carbocycles. The zero-order valence-corrected chi connectivity index (χ0v) is 19.1. The number of amides is 1. The van der Waals surface area contributed by atoms with Crippen LogP contribution >= 0.6 is 27.7 Å². The van der Waals surface area contributed by atoms with Crippen molar-refractivity contribution in [2.24, 2.45) is 0 Å². The number of hydrogen-bond donors (Lipinski definition) is 1. The third-order valence-corrected chi connectivity index (χ3v) is 6.15. The van der Waals surface area contributed by atoms with Crippen molar-refractivity contribution >= 4 is 33.6 Å². The molecular weight excluding hydrogens is 438 g/mol. The van der Waals surface area contributed by atoms with Gasteiger partial charge in [-0.1, -0.05) is 40.2 Å². The molecule has 0 radical (unpaired) electrons. The first-order valence-corrected chi connectivity index (χ1v) is 11.2. The van der Waals surface area contributed by atoms with Crippen LogP contribution in [0.3, 0.4) is 0 Å². The molecule has 28 heavy (non-hydrogen) atoms. The summed E-state index contributed by atoms with van der Waals surface area (Å²) >= 11 is 5.11. The van der Waals surface area contributed by atoms with Gasteiger partial charge in [0, 0.05) is 22.5 Å². The van der Waals surface area contributed by atoms with Gasteiger partial charge in [-0.3, -0.25) is 4.79 Å². The average Bonchev–Trinajstić information content (AvgIpc) is 2.68. The topological polar surface area (TPSA) is 47.6 Å². The predicted molar refractivity (Wildman–Crippen MR) is 119 cm³/mol. The van der Waals surface area contributed by atoms with E-state index in [9.17, 15) is 4.79 Å². The van der Waals surface area contributed by atoms with Crippen LogP contribution in [0.4, 0.5) is 0 Å². The second-order valence-electron chi connectivity index (χ2n) is 6.50. The van der Waals surface area contributed by atoms with Crippen LogP contribution in [0.1, 0.15) is 29.2 Å². The summed E-state index contributed by atoms with van der Waals surface area (Å²) in [4.78, 5) is 13.4. The van der Waals surface area contributed by atoms with Crippen molar-refractivity contribution in [1.82, 2.24) is 5.32 Å². The summed E-state index contributed by atoms with van der Waals surface area (Å²) in [7, 11) is 0. The minimum Gasteiger partial charge on any atom is -0.379 e. The van der Waals surface area contributed by atoms with E-state index in [0.717, 1.165) is 20.5 Å². The number of carbonyl (C=O) groups excluding carboxylic acids is 1. The highest BCUT2D eigenvalue weighted by Gasteiger charge is 2.07. The molecule has 0 spiro atoms. The molecule has 4 nitrogen and oxygen atoms in total. The van der Waals surface area contributed by atoms with E-state index in [-0.39, 0.29) is 5.91 Å². The molecule has 2 aromatic carbocycles. The van der Waals surface area contributed by atoms with Crippen LogP contribution in [0.5, 0.6) is 0 Å². The maximum atomic E-state index is 12.2. The Morgan fingerprint density at radius 3 is 2.61 bits per heavy atom. The summed E-state index contributed by atoms with van der Waals surface area (Å²) in [5, 5.41) is 3.00. The highest BCUT2D eigenvalue weighted by Crippen LogP contribution is 2.28. The van der Waals surface area contributed by atoms with Crippen molar-refractivity contribution in [3.05, 3.63) is 63.1 Å². The van der Waals surface area contributed by atoms with E-state index >= 15 is 0 Å². The zero-order chi connectivity index (χ0) is 20.4. The first-order valence-electron chi connectivity index (χ1n) is 9.39. The lowest BCUT2D eigenvalue weighted by Gasteiger charge is -2.10. The summed E-state index contributed by atoms with van der Waals surface area (Å²) in [5.74, 6) is 0.436. The minimum absolute atomic E-state index is 0.0309. The SMILES string of the molecule is CCOCCOCc1cccc(CNC(=O)CSc2cc(C)c(Br)cc2C)c1. The fourth-order valence-electron chi connectivity index (χ4n) is 2.59. The Balaban J connectivity index is 1.76. The quantitative estimate of drug-likeness (QED) is 0.373. The molecule has 0 saturated heterocycles. The van der Waals surface area contributed by atoms with Crippen molar-refractivity contribution in [1.29, 1.82) is 0 Å². The Hall–Kier alpha value is -1.34. The van der Waals surface area contributed by atoms with Gasteiger partial charge in [-0.2, -0.15) is 0 Å². The third kappa shape index (κ3) is 7.95. The lowest BCUT2D eigenvalue weighted by molar-refractivity contribution is -0.118. The summed E-state index contributed by atoms with van der Waals surface area (Å²) in [6.07, 6.45) is 0. The number of aryl methyl sites for hydroxylation is 2. The molecule has 0 aromatic heterocycles. The van der Waals surface area contributed by atoms with Crippen LogP contribution in [0.2, 0.25) is 0 Å². The molecule has 1 N–H and O–H groups in total. The number of thioether (sulfide) groups is 1. The number of nitrogens with one attached hydrogen (secondary N) is 1. The number of benzene rings is 2. The molecule has 2 aromatic rings. The summed E-state index contributed by atoms with van der Waals surface area (Å²) in [6, 6.07) is 12.3. The fourth-order valence-corrected chi connectivity index (χ4v) is 3.98. The number of carbonyl (C=O) groups is 1. The summed E-state index contributed by atoms with van der Waals surface area (Å²) in [6.45, 7) is 9.06. The van der Waals surface area contributed by atoms with Crippen LogP contribution in [0.25, 0.3) is 0 Å². The Morgan fingerprint density at radius 2 is 1.82 bits per heavy atom. The average molecular weight is 466 g/mol. The highest BCUT2D eigenvalue weighted by atomic mass is 79.9. The van der Waals surface area contributed by atoms with Crippen LogP contribution < -0.4 is 5.32 Å². The number of ether oxygens (including phenoxy) is 2. The van der Waals surface area contributed by atoms with Crippen LogP contribution in [0, 0.1) is 13.8 Å². The second kappa shape index (κ2) is 12.3. The highest BCUT2D eigenvalue weighted by molar-refractivity contribution is 9.10. The Morgan fingerprint density at radius 1 is 1.07 bits per heavy atom. The van der Waals surface area contributed by atoms with Crippen molar-refractivity contribution in [3.8, 4) is 0 Å². The van der Waals surface area contributed by atoms with E-state index in [0.29, 0.717) is 38.7 Å². The summed E-state index contributed by atoms with van der Waals surface area (Å²) < 4.78 is 12.0. The Bertz CT molecular complexity index is 782. The van der Waals surface area contributed by atoms with Gasteiger partial charge in [-0.25, -0.2) is 0 Å². The minimum atomic E-state index is 0.0309. The molecule has 0 bridgehead atoms. The Labute approximate surface area is 180 Å². The lowest BCUT2D eigenvalue weighted by Crippen LogP contribution is -2.24. The molecule has 2 rings (SSSR count). The van der Waals surface area contributed by atoms with Crippen molar-refractivity contribution in [3.63, 3.8) is 0 Å². The maximum Gasteiger partial charge on any atom is 0.230 e. The van der Waals surface area contributed by atoms with E-state index in [1.807, 2.05) is 25.1 Å². The second-order valence-corrected chi connectivity index (χ2v) is 8.37. The number of hydrogen-bond acceptors (Lipinski definition) is 4. The van der Waals surface area contributed by atoms with Crippen LogP contribution in [-0.4, -0.2) is 31.5 Å². The maximum absolute atomic E-state index is 12.2. The van der Waals surface area contributed by atoms with E-state index in [1.165, 1.54) is 11.1 Å². The van der Waals surface area contributed by atoms with E-state index < -0.39 is 0 Å². The number of rotatable bonds is 11. The van der Waals surface area contributed by atoms with Gasteiger partial charge in [0.1, 0.15) is 0 Å². The molecule has 6 heteroatoms. The molecule has 0 heterocycles. The van der Waals surface area contributed by atoms with E-state index in [4.69, 9.17) is 9.47 Å². The predicted octanol–water partition coefficient (Wildman–Crippen LogP) is 5.03. The van der Waals surface area contributed by atoms with Gasteiger partial charge in [0.15, 0.2) is 0 Å². The smallest absolute Gasteiger partial charge is 0.230 e. The van der Waals surface area contributed by atoms with Crippen LogP contribution in [-0.2, 0) is 27.4 Å². The van der Waals surface area contributed by atoms with Gasteiger partial charge in [-0.15, -0.1) is 11.8 Å². The molecule has 0 atom stereocenters. The molecule has 0 aliphatic rings. The van der Waals surface area contributed by atoms with Crippen molar-refractivity contribution in [2.75, 3.05) is 25.6 Å². The molecule has 0 aliphatic heterocycles. The lowest BCUT2D eigenvalue weighted by atomic mass is 10.1. The van der Waals surface area contributed by atoms with Crippen LogP contribution in [0.15, 0.2) is 45.8 Å². The standard InChI is InChI=1S/C22H28BrNO3S/c1-4-26-8-9-27-14-19-7-5-6-18(12-19)13-24-22(25)15-28-21-11-16(2)20(23)10-17(21)3/h5-7,10-12H,4,8-9,13-15H2,1-3H3,(H,24,25). The number of halogens is 1. The van der Waals surface area contributed by atoms with Gasteiger partial charge >= 0.3 is 0 Å². The zero-order valence-electron chi connectivity index (χ0n) is 16.7. The van der Waals surface area contributed by atoms with Gasteiger partial charge < -0.3 is 14.8 Å². The Kier molecular flexibility index (Phi) is 10.1. The first-order chi connectivity index (χ1) is 13.5. The third-order valence-electron chi connectivity index (χ3n) is 4.14. The molecule has 152 valence electrons. The van der Waals surface area contributed by atoms with E-state index in [1.54, 1.807) is 11.8 Å². The van der Waals surface area contributed by atoms with Gasteiger partial charge in [0.25, 0.3) is 0 Å². The van der Waals surface area contributed by atoms with Gasteiger partial charge in [0.05, 0.1) is 25.6 Å². The van der Waals surface area contributed by atoms with Gasteiger partial charge in [0.2, 0.25) is 5.91 Å². The first kappa shape index (κ1) is 22.9. The summed E-state index contributed by atoms with van der Waals surface area (Å²) in [5.41, 5.74) is 4.51. The fraction of sp³-hybridized carbons (Fsp3) is 0.409. The molecule has 0 unspecified atom stereocenters. The molecule has 0 saturated carbocycles. The molecule has 0 fully saturated rings.